The Balaban J connectivity index is 1.56. The van der Waals surface area contributed by atoms with Gasteiger partial charge in [0.05, 0.1) is 0 Å². The van der Waals surface area contributed by atoms with Gasteiger partial charge in [-0.2, -0.15) is 0 Å². The highest BCUT2D eigenvalue weighted by Crippen LogP contribution is 2.31. The molecule has 0 amide bonds. The van der Waals surface area contributed by atoms with Gasteiger partial charge in [0.15, 0.2) is 11.0 Å². The van der Waals surface area contributed by atoms with E-state index in [1.165, 1.54) is 23.9 Å². The molecule has 2 aromatic heterocycles. The summed E-state index contributed by atoms with van der Waals surface area (Å²) in [7, 11) is 0. The Labute approximate surface area is 181 Å². The van der Waals surface area contributed by atoms with Gasteiger partial charge in [0, 0.05) is 34.5 Å². The number of phenols is 1. The molecule has 5 aromatic rings. The van der Waals surface area contributed by atoms with Gasteiger partial charge in [-0.25, -0.2) is 4.79 Å². The van der Waals surface area contributed by atoms with Gasteiger partial charge in [0.25, 0.3) is 0 Å². The van der Waals surface area contributed by atoms with Gasteiger partial charge in [-0.05, 0) is 29.8 Å². The van der Waals surface area contributed by atoms with E-state index in [4.69, 9.17) is 4.42 Å². The van der Waals surface area contributed by atoms with Crippen molar-refractivity contribution in [1.82, 2.24) is 14.8 Å². The molecule has 0 radical (unpaired) electrons. The van der Waals surface area contributed by atoms with Crippen LogP contribution in [0.4, 0.5) is 0 Å². The number of phenolic OH excluding ortho intramolecular Hbond substituents is 1. The summed E-state index contributed by atoms with van der Waals surface area (Å²) in [5.74, 6) is 1.29. The van der Waals surface area contributed by atoms with Crippen LogP contribution in [0.3, 0.4) is 0 Å². The van der Waals surface area contributed by atoms with Crippen LogP contribution in [0.15, 0.2) is 99.3 Å². The van der Waals surface area contributed by atoms with Gasteiger partial charge < -0.3 is 9.52 Å². The lowest BCUT2D eigenvalue weighted by Crippen LogP contribution is -2.01. The molecule has 6 nitrogen and oxygen atoms in total. The molecule has 31 heavy (non-hydrogen) atoms. The fraction of sp³-hybridized carbons (Fsp3) is 0.0417. The van der Waals surface area contributed by atoms with Gasteiger partial charge in [0.2, 0.25) is 0 Å². The Morgan fingerprint density at radius 2 is 1.65 bits per heavy atom. The first kappa shape index (κ1) is 19.1. The predicted octanol–water partition coefficient (Wildman–Crippen LogP) is 5.04. The van der Waals surface area contributed by atoms with Crippen LogP contribution in [0.5, 0.6) is 5.75 Å². The minimum Gasteiger partial charge on any atom is -0.508 e. The average Bonchev–Trinajstić information content (AvgIpc) is 3.22. The third kappa shape index (κ3) is 3.83. The fourth-order valence-electron chi connectivity index (χ4n) is 3.43. The van der Waals surface area contributed by atoms with Gasteiger partial charge in [0.1, 0.15) is 11.3 Å². The molecule has 0 bridgehead atoms. The van der Waals surface area contributed by atoms with E-state index in [0.717, 1.165) is 28.0 Å². The largest absolute Gasteiger partial charge is 0.508 e. The van der Waals surface area contributed by atoms with Crippen LogP contribution < -0.4 is 5.63 Å². The van der Waals surface area contributed by atoms with Gasteiger partial charge in [-0.3, -0.25) is 4.57 Å². The Morgan fingerprint density at radius 3 is 2.42 bits per heavy atom. The van der Waals surface area contributed by atoms with Crippen molar-refractivity contribution in [3.05, 3.63) is 101 Å². The lowest BCUT2D eigenvalue weighted by atomic mass is 10.1. The number of benzene rings is 3. The second kappa shape index (κ2) is 8.12. The number of para-hydroxylation sites is 1. The fourth-order valence-corrected chi connectivity index (χ4v) is 4.37. The van der Waals surface area contributed by atoms with Crippen LogP contribution in [0.1, 0.15) is 5.56 Å². The first-order chi connectivity index (χ1) is 15.2. The van der Waals surface area contributed by atoms with E-state index in [2.05, 4.69) is 10.2 Å². The zero-order valence-corrected chi connectivity index (χ0v) is 17.1. The average molecular weight is 427 g/mol. The Kier molecular flexibility index (Phi) is 5.01. The summed E-state index contributed by atoms with van der Waals surface area (Å²) < 4.78 is 7.25. The minimum absolute atomic E-state index is 0.0526. The van der Waals surface area contributed by atoms with Crippen molar-refractivity contribution in [3.63, 3.8) is 0 Å². The second-order valence-electron chi connectivity index (χ2n) is 6.90. The van der Waals surface area contributed by atoms with Crippen molar-refractivity contribution in [2.75, 3.05) is 0 Å². The molecule has 1 N–H and O–H groups in total. The highest BCUT2D eigenvalue weighted by atomic mass is 32.2. The van der Waals surface area contributed by atoms with Crippen LogP contribution >= 0.6 is 11.8 Å². The highest BCUT2D eigenvalue weighted by Gasteiger charge is 2.17. The van der Waals surface area contributed by atoms with Crippen LogP contribution in [0.2, 0.25) is 0 Å². The molecular weight excluding hydrogens is 410 g/mol. The van der Waals surface area contributed by atoms with Gasteiger partial charge in [-0.15, -0.1) is 10.2 Å². The zero-order valence-electron chi connectivity index (χ0n) is 16.3. The van der Waals surface area contributed by atoms with E-state index in [-0.39, 0.29) is 5.75 Å². The van der Waals surface area contributed by atoms with Gasteiger partial charge >= 0.3 is 5.63 Å². The molecule has 3 aromatic carbocycles. The number of hydrogen-bond donors (Lipinski definition) is 1. The smallest absolute Gasteiger partial charge is 0.336 e. The molecule has 5 rings (SSSR count). The minimum atomic E-state index is -0.455. The van der Waals surface area contributed by atoms with Crippen molar-refractivity contribution in [1.29, 1.82) is 0 Å². The molecule has 7 heteroatoms. The number of aromatic hydroxyl groups is 1. The molecule has 0 aliphatic rings. The van der Waals surface area contributed by atoms with E-state index >= 15 is 0 Å². The lowest BCUT2D eigenvalue weighted by molar-refractivity contribution is 0.473. The van der Waals surface area contributed by atoms with Crippen molar-refractivity contribution in [2.45, 2.75) is 10.9 Å². The molecule has 0 aliphatic carbocycles. The van der Waals surface area contributed by atoms with Crippen molar-refractivity contribution in [2.24, 2.45) is 0 Å². The van der Waals surface area contributed by atoms with Crippen molar-refractivity contribution in [3.8, 4) is 22.8 Å². The van der Waals surface area contributed by atoms with E-state index in [9.17, 15) is 9.90 Å². The summed E-state index contributed by atoms with van der Waals surface area (Å²) in [6.45, 7) is 0. The molecule has 0 unspecified atom stereocenters. The topological polar surface area (TPSA) is 81.2 Å². The standard InChI is InChI=1S/C24H17N3O3S/c28-19-11-12-20-17(13-22(29)30-21(20)14-19)15-31-24-26-25-23(16-7-3-1-4-8-16)27(24)18-9-5-2-6-10-18/h1-14,28H,15H2. The second-order valence-corrected chi connectivity index (χ2v) is 7.85. The molecule has 0 fully saturated rings. The molecule has 0 saturated heterocycles. The van der Waals surface area contributed by atoms with E-state index in [1.54, 1.807) is 12.1 Å². The number of fused-ring (bicyclic) bond motifs is 1. The molecule has 0 saturated carbocycles. The predicted molar refractivity (Wildman–Crippen MR) is 121 cm³/mol. The maximum Gasteiger partial charge on any atom is 0.336 e. The Bertz CT molecular complexity index is 1410. The number of thioether (sulfide) groups is 1. The third-order valence-corrected chi connectivity index (χ3v) is 5.83. The number of hydrogen-bond acceptors (Lipinski definition) is 6. The van der Waals surface area contributed by atoms with E-state index in [1.807, 2.05) is 65.2 Å². The van der Waals surface area contributed by atoms with Crippen LogP contribution in [0, 0.1) is 0 Å². The molecule has 0 aliphatic heterocycles. The maximum absolute atomic E-state index is 12.0. The summed E-state index contributed by atoms with van der Waals surface area (Å²) >= 11 is 1.48. The summed E-state index contributed by atoms with van der Waals surface area (Å²) in [6.07, 6.45) is 0. The van der Waals surface area contributed by atoms with Crippen molar-refractivity contribution < 1.29 is 9.52 Å². The maximum atomic E-state index is 12.0. The SMILES string of the molecule is O=c1cc(CSc2nnc(-c3ccccc3)n2-c2ccccc2)c2ccc(O)cc2o1. The first-order valence-corrected chi connectivity index (χ1v) is 10.6. The molecule has 0 spiro atoms. The summed E-state index contributed by atoms with van der Waals surface area (Å²) in [5.41, 5.74) is 2.63. The molecule has 2 heterocycles. The number of rotatable bonds is 5. The quantitative estimate of drug-likeness (QED) is 0.313. The number of nitrogens with zero attached hydrogens (tertiary/aromatic N) is 3. The normalized spacial score (nSPS) is 11.1. The number of aromatic nitrogens is 3. The van der Waals surface area contributed by atoms with E-state index in [0.29, 0.717) is 16.5 Å². The summed E-state index contributed by atoms with van der Waals surface area (Å²) in [4.78, 5) is 12.0. The van der Waals surface area contributed by atoms with Crippen LogP contribution in [-0.2, 0) is 5.75 Å². The lowest BCUT2D eigenvalue weighted by Gasteiger charge is -2.11. The summed E-state index contributed by atoms with van der Waals surface area (Å²) in [5, 5.41) is 20.1. The van der Waals surface area contributed by atoms with Crippen LogP contribution in [0.25, 0.3) is 28.0 Å². The monoisotopic (exact) mass is 427 g/mol. The molecular formula is C24H17N3O3S. The first-order valence-electron chi connectivity index (χ1n) is 9.64. The zero-order chi connectivity index (χ0) is 21.2. The van der Waals surface area contributed by atoms with Crippen molar-refractivity contribution >= 4 is 22.7 Å². The Hall–Kier alpha value is -3.84. The third-order valence-electron chi connectivity index (χ3n) is 4.85. The highest BCUT2D eigenvalue weighted by molar-refractivity contribution is 7.98. The van der Waals surface area contributed by atoms with E-state index < -0.39 is 5.63 Å². The van der Waals surface area contributed by atoms with Gasteiger partial charge in [-0.1, -0.05) is 60.3 Å². The Morgan fingerprint density at radius 1 is 0.903 bits per heavy atom. The molecule has 152 valence electrons. The van der Waals surface area contributed by atoms with Crippen LogP contribution in [-0.4, -0.2) is 19.9 Å². The molecule has 0 atom stereocenters. The summed E-state index contributed by atoms with van der Waals surface area (Å²) in [6, 6.07) is 26.1.